The minimum absolute atomic E-state index is 0.0479. The topological polar surface area (TPSA) is 78.0 Å². The van der Waals surface area contributed by atoms with Crippen molar-refractivity contribution in [1.82, 2.24) is 9.88 Å². The van der Waals surface area contributed by atoms with Gasteiger partial charge in [0.25, 0.3) is 0 Å². The van der Waals surface area contributed by atoms with Crippen molar-refractivity contribution in [1.29, 1.82) is 0 Å². The molecule has 2 unspecified atom stereocenters. The Hall–Kier alpha value is -1.82. The van der Waals surface area contributed by atoms with Crippen LogP contribution in [0.5, 0.6) is 0 Å². The highest BCUT2D eigenvalue weighted by Crippen LogP contribution is 2.27. The molecule has 1 aromatic heterocycles. The predicted molar refractivity (Wildman–Crippen MR) is 82.8 cm³/mol. The van der Waals surface area contributed by atoms with Crippen molar-refractivity contribution < 1.29 is 5.21 Å². The number of pyridine rings is 1. The molecule has 0 amide bonds. The Balaban J connectivity index is 1.76. The van der Waals surface area contributed by atoms with Gasteiger partial charge in [0.2, 0.25) is 0 Å². The van der Waals surface area contributed by atoms with Gasteiger partial charge in [-0.2, -0.15) is 0 Å². The number of hydrogen-bond acceptors (Lipinski definition) is 5. The third-order valence-corrected chi connectivity index (χ3v) is 4.64. The van der Waals surface area contributed by atoms with E-state index in [0.717, 1.165) is 18.8 Å². The molecule has 2 saturated heterocycles. The summed E-state index contributed by atoms with van der Waals surface area (Å²) < 4.78 is 0. The number of piperidine rings is 1. The maximum absolute atomic E-state index is 8.68. The molecule has 6 nitrogen and oxygen atoms in total. The molecule has 114 valence electrons. The van der Waals surface area contributed by atoms with Crippen LogP contribution in [0.4, 0.5) is 5.69 Å². The van der Waals surface area contributed by atoms with E-state index in [0.29, 0.717) is 17.8 Å². The number of fused-ring (bicyclic) bond motifs is 1. The van der Waals surface area contributed by atoms with E-state index < -0.39 is 0 Å². The van der Waals surface area contributed by atoms with E-state index in [1.165, 1.54) is 25.8 Å². The average molecular weight is 289 g/mol. The first-order valence-corrected chi connectivity index (χ1v) is 7.63. The minimum atomic E-state index is 0.0479. The van der Waals surface area contributed by atoms with Gasteiger partial charge >= 0.3 is 0 Å². The van der Waals surface area contributed by atoms with Gasteiger partial charge in [0.15, 0.2) is 5.84 Å². The number of oxime groups is 1. The molecule has 21 heavy (non-hydrogen) atoms. The zero-order valence-corrected chi connectivity index (χ0v) is 12.4. The zero-order valence-electron chi connectivity index (χ0n) is 12.4. The number of nitrogens with two attached hydrogens (primary N) is 1. The lowest BCUT2D eigenvalue weighted by Gasteiger charge is -2.48. The van der Waals surface area contributed by atoms with Gasteiger partial charge in [-0.25, -0.2) is 0 Å². The summed E-state index contributed by atoms with van der Waals surface area (Å²) in [5, 5.41) is 11.7. The Morgan fingerprint density at radius 1 is 1.38 bits per heavy atom. The first-order valence-electron chi connectivity index (χ1n) is 7.63. The monoisotopic (exact) mass is 289 g/mol. The summed E-state index contributed by atoms with van der Waals surface area (Å²) in [6.45, 7) is 5.68. The third-order valence-electron chi connectivity index (χ3n) is 4.64. The fourth-order valence-corrected chi connectivity index (χ4v) is 3.47. The Morgan fingerprint density at radius 3 is 2.95 bits per heavy atom. The molecule has 0 aliphatic carbocycles. The molecule has 3 N–H and O–H groups in total. The van der Waals surface area contributed by atoms with Gasteiger partial charge in [0, 0.05) is 25.2 Å². The van der Waals surface area contributed by atoms with Crippen molar-refractivity contribution in [2.75, 3.05) is 24.5 Å². The second kappa shape index (κ2) is 5.89. The summed E-state index contributed by atoms with van der Waals surface area (Å²) in [6, 6.07) is 4.97. The molecule has 6 heteroatoms. The molecule has 1 aromatic rings. The molecule has 2 aliphatic heterocycles. The largest absolute Gasteiger partial charge is 0.409 e. The second-order valence-corrected chi connectivity index (χ2v) is 6.03. The van der Waals surface area contributed by atoms with E-state index in [4.69, 9.17) is 10.9 Å². The molecule has 3 rings (SSSR count). The molecule has 2 fully saturated rings. The van der Waals surface area contributed by atoms with Gasteiger partial charge in [0.1, 0.15) is 5.69 Å². The number of rotatable bonds is 2. The number of amidine groups is 1. The van der Waals surface area contributed by atoms with Gasteiger partial charge < -0.3 is 15.8 Å². The lowest BCUT2D eigenvalue weighted by molar-refractivity contribution is 0.115. The Morgan fingerprint density at radius 2 is 2.24 bits per heavy atom. The summed E-state index contributed by atoms with van der Waals surface area (Å²) in [4.78, 5) is 9.35. The van der Waals surface area contributed by atoms with E-state index in [1.807, 2.05) is 18.3 Å². The molecule has 3 heterocycles. The van der Waals surface area contributed by atoms with Crippen LogP contribution in [0.2, 0.25) is 0 Å². The van der Waals surface area contributed by atoms with Crippen LogP contribution in [-0.4, -0.2) is 52.6 Å². The molecule has 2 aliphatic rings. The number of anilines is 1. The quantitative estimate of drug-likeness (QED) is 0.371. The average Bonchev–Trinajstić information content (AvgIpc) is 2.53. The molecule has 2 atom stereocenters. The fourth-order valence-electron chi connectivity index (χ4n) is 3.47. The van der Waals surface area contributed by atoms with Crippen molar-refractivity contribution in [3.05, 3.63) is 24.0 Å². The maximum atomic E-state index is 8.68. The smallest absolute Gasteiger partial charge is 0.188 e. The van der Waals surface area contributed by atoms with Gasteiger partial charge in [0.05, 0.1) is 11.9 Å². The SMILES string of the molecule is CC1CN2CCCCC2CN1c1ccc(/C(N)=N/O)nc1. The number of hydrogen-bond donors (Lipinski definition) is 2. The Kier molecular flexibility index (Phi) is 3.96. The van der Waals surface area contributed by atoms with Crippen molar-refractivity contribution in [3.8, 4) is 0 Å². The van der Waals surface area contributed by atoms with Crippen molar-refractivity contribution >= 4 is 11.5 Å². The lowest BCUT2D eigenvalue weighted by Crippen LogP contribution is -2.58. The Labute approximate surface area is 125 Å². The van der Waals surface area contributed by atoms with Crippen LogP contribution in [0, 0.1) is 0 Å². The normalized spacial score (nSPS) is 27.5. The van der Waals surface area contributed by atoms with Crippen LogP contribution in [0.3, 0.4) is 0 Å². The molecule has 0 bridgehead atoms. The minimum Gasteiger partial charge on any atom is -0.409 e. The molecule has 0 spiro atoms. The summed E-state index contributed by atoms with van der Waals surface area (Å²) >= 11 is 0. The van der Waals surface area contributed by atoms with Gasteiger partial charge in [-0.3, -0.25) is 9.88 Å². The highest BCUT2D eigenvalue weighted by atomic mass is 16.4. The standard InChI is InChI=1S/C15H23N5O/c1-11-9-19-7-3-2-4-13(19)10-20(11)12-5-6-14(17-8-12)15(16)18-21/h5-6,8,11,13,21H,2-4,7,9-10H2,1H3,(H2,16,18). The van der Waals surface area contributed by atoms with Gasteiger partial charge in [-0.15, -0.1) is 0 Å². The summed E-state index contributed by atoms with van der Waals surface area (Å²) in [5.41, 5.74) is 7.17. The number of piperazine rings is 1. The van der Waals surface area contributed by atoms with Crippen LogP contribution in [-0.2, 0) is 0 Å². The van der Waals surface area contributed by atoms with Crippen molar-refractivity contribution in [2.45, 2.75) is 38.3 Å². The van der Waals surface area contributed by atoms with Gasteiger partial charge in [-0.05, 0) is 38.4 Å². The summed E-state index contributed by atoms with van der Waals surface area (Å²) in [5.74, 6) is 0.0479. The first-order chi connectivity index (χ1) is 10.2. The van der Waals surface area contributed by atoms with E-state index >= 15 is 0 Å². The van der Waals surface area contributed by atoms with Crippen LogP contribution in [0.1, 0.15) is 31.9 Å². The van der Waals surface area contributed by atoms with Gasteiger partial charge in [-0.1, -0.05) is 11.6 Å². The van der Waals surface area contributed by atoms with E-state index in [2.05, 4.69) is 26.9 Å². The molecular weight excluding hydrogens is 266 g/mol. The first kappa shape index (κ1) is 14.1. The predicted octanol–water partition coefficient (Wildman–Crippen LogP) is 1.24. The van der Waals surface area contributed by atoms with E-state index in [-0.39, 0.29) is 5.84 Å². The van der Waals surface area contributed by atoms with Crippen molar-refractivity contribution in [2.24, 2.45) is 10.9 Å². The second-order valence-electron chi connectivity index (χ2n) is 6.03. The van der Waals surface area contributed by atoms with E-state index in [1.54, 1.807) is 0 Å². The lowest BCUT2D eigenvalue weighted by atomic mass is 9.97. The van der Waals surface area contributed by atoms with Crippen LogP contribution < -0.4 is 10.6 Å². The summed E-state index contributed by atoms with van der Waals surface area (Å²) in [7, 11) is 0. The number of aromatic nitrogens is 1. The van der Waals surface area contributed by atoms with Crippen LogP contribution >= 0.6 is 0 Å². The zero-order chi connectivity index (χ0) is 14.8. The third kappa shape index (κ3) is 2.81. The molecule has 0 aromatic carbocycles. The van der Waals surface area contributed by atoms with E-state index in [9.17, 15) is 0 Å². The maximum Gasteiger partial charge on any atom is 0.188 e. The highest BCUT2D eigenvalue weighted by Gasteiger charge is 2.33. The molecule has 0 radical (unpaired) electrons. The fraction of sp³-hybridized carbons (Fsp3) is 0.600. The summed E-state index contributed by atoms with van der Waals surface area (Å²) in [6.07, 6.45) is 5.78. The van der Waals surface area contributed by atoms with Crippen LogP contribution in [0.25, 0.3) is 0 Å². The van der Waals surface area contributed by atoms with Crippen molar-refractivity contribution in [3.63, 3.8) is 0 Å². The highest BCUT2D eigenvalue weighted by molar-refractivity contribution is 5.95. The van der Waals surface area contributed by atoms with Crippen LogP contribution in [0.15, 0.2) is 23.5 Å². The molecular formula is C15H23N5O. The Bertz CT molecular complexity index is 515. The molecule has 0 saturated carbocycles. The number of nitrogens with zero attached hydrogens (tertiary/aromatic N) is 4.